The van der Waals surface area contributed by atoms with Crippen LogP contribution in [0.2, 0.25) is 5.02 Å². The van der Waals surface area contributed by atoms with Gasteiger partial charge in [0, 0.05) is 22.6 Å². The van der Waals surface area contributed by atoms with Crippen molar-refractivity contribution in [3.63, 3.8) is 0 Å². The topological polar surface area (TPSA) is 117 Å². The Morgan fingerprint density at radius 1 is 1.09 bits per heavy atom. The predicted molar refractivity (Wildman–Crippen MR) is 126 cm³/mol. The normalized spacial score (nSPS) is 11.7. The minimum Gasteiger partial charge on any atom is -0.497 e. The summed E-state index contributed by atoms with van der Waals surface area (Å²) in [7, 11) is -2.23. The van der Waals surface area contributed by atoms with Crippen LogP contribution in [0.3, 0.4) is 0 Å². The zero-order valence-corrected chi connectivity index (χ0v) is 18.8. The molecule has 0 unspecified atom stereocenters. The molecule has 1 aromatic heterocycles. The van der Waals surface area contributed by atoms with Crippen LogP contribution < -0.4 is 14.8 Å². The fourth-order valence-corrected chi connectivity index (χ4v) is 4.14. The van der Waals surface area contributed by atoms with Crippen molar-refractivity contribution in [1.82, 2.24) is 4.98 Å². The van der Waals surface area contributed by atoms with Gasteiger partial charge in [0.1, 0.15) is 22.9 Å². The van der Waals surface area contributed by atoms with E-state index in [4.69, 9.17) is 20.8 Å². The molecule has 33 heavy (non-hydrogen) atoms. The van der Waals surface area contributed by atoms with Crippen LogP contribution in [0.5, 0.6) is 5.75 Å². The molecule has 8 nitrogen and oxygen atoms in total. The Hall–Kier alpha value is -4.00. The second-order valence-corrected chi connectivity index (χ2v) is 8.92. The highest BCUT2D eigenvalue weighted by atomic mass is 35.5. The summed E-state index contributed by atoms with van der Waals surface area (Å²) in [5.41, 5.74) is 2.21. The SMILES string of the molecule is COc1ccc(NS(=O)(=O)c2ccc(N/C=C(\C#N)c3nc4cc(Cl)ccc4o3)cc2)cc1. The van der Waals surface area contributed by atoms with E-state index in [1.54, 1.807) is 54.6 Å². The quantitative estimate of drug-likeness (QED) is 0.346. The molecular weight excluding hydrogens is 464 g/mol. The van der Waals surface area contributed by atoms with Crippen molar-refractivity contribution in [3.8, 4) is 11.8 Å². The van der Waals surface area contributed by atoms with Crippen molar-refractivity contribution in [3.05, 3.63) is 83.8 Å². The predicted octanol–water partition coefficient (Wildman–Crippen LogP) is 5.27. The third-order valence-electron chi connectivity index (χ3n) is 4.59. The molecule has 4 aromatic rings. The number of sulfonamides is 1. The zero-order valence-electron chi connectivity index (χ0n) is 17.2. The van der Waals surface area contributed by atoms with Gasteiger partial charge >= 0.3 is 0 Å². The standard InChI is InChI=1S/C23H17ClN4O4S/c1-31-19-7-3-18(4-8-19)28-33(29,30)20-9-5-17(6-10-20)26-14-15(13-25)23-27-21-12-16(24)2-11-22(21)32-23/h2-12,14,26,28H,1H3/b15-14+. The van der Waals surface area contributed by atoms with E-state index in [1.165, 1.54) is 25.4 Å². The number of benzene rings is 3. The molecule has 0 fully saturated rings. The number of methoxy groups -OCH3 is 1. The van der Waals surface area contributed by atoms with Gasteiger partial charge in [0.15, 0.2) is 5.58 Å². The molecule has 0 amide bonds. The summed E-state index contributed by atoms with van der Waals surface area (Å²) in [5, 5.41) is 12.9. The van der Waals surface area contributed by atoms with E-state index in [2.05, 4.69) is 15.0 Å². The summed E-state index contributed by atoms with van der Waals surface area (Å²) in [6, 6.07) is 19.6. The summed E-state index contributed by atoms with van der Waals surface area (Å²) in [6.07, 6.45) is 1.44. The van der Waals surface area contributed by atoms with E-state index in [0.29, 0.717) is 33.2 Å². The summed E-state index contributed by atoms with van der Waals surface area (Å²) in [5.74, 6) is 0.768. The zero-order chi connectivity index (χ0) is 23.4. The largest absolute Gasteiger partial charge is 0.497 e. The summed E-state index contributed by atoms with van der Waals surface area (Å²) < 4.78 is 38.4. The highest BCUT2D eigenvalue weighted by Crippen LogP contribution is 2.24. The van der Waals surface area contributed by atoms with Gasteiger partial charge in [-0.1, -0.05) is 11.6 Å². The number of halogens is 1. The smallest absolute Gasteiger partial charge is 0.261 e. The number of nitrogens with zero attached hydrogens (tertiary/aromatic N) is 2. The molecule has 0 radical (unpaired) electrons. The van der Waals surface area contributed by atoms with Crippen LogP contribution in [0, 0.1) is 11.3 Å². The highest BCUT2D eigenvalue weighted by molar-refractivity contribution is 7.92. The van der Waals surface area contributed by atoms with Gasteiger partial charge < -0.3 is 14.5 Å². The average Bonchev–Trinajstić information content (AvgIpc) is 3.23. The van der Waals surface area contributed by atoms with Gasteiger partial charge in [-0.2, -0.15) is 5.26 Å². The molecule has 0 spiro atoms. The Morgan fingerprint density at radius 2 is 1.79 bits per heavy atom. The molecule has 166 valence electrons. The van der Waals surface area contributed by atoms with Crippen molar-refractivity contribution in [1.29, 1.82) is 5.26 Å². The van der Waals surface area contributed by atoms with Crippen LogP contribution in [0.4, 0.5) is 11.4 Å². The molecule has 0 atom stereocenters. The molecular formula is C23H17ClN4O4S. The fourth-order valence-electron chi connectivity index (χ4n) is 2.92. The average molecular weight is 481 g/mol. The lowest BCUT2D eigenvalue weighted by atomic mass is 10.3. The molecule has 3 aromatic carbocycles. The third-order valence-corrected chi connectivity index (χ3v) is 6.22. The first kappa shape index (κ1) is 22.2. The minimum absolute atomic E-state index is 0.0872. The number of hydrogen-bond acceptors (Lipinski definition) is 7. The first-order chi connectivity index (χ1) is 15.9. The van der Waals surface area contributed by atoms with E-state index in [0.717, 1.165) is 0 Å². The number of rotatable bonds is 7. The van der Waals surface area contributed by atoms with Crippen molar-refractivity contribution < 1.29 is 17.6 Å². The molecule has 0 aliphatic heterocycles. The summed E-state index contributed by atoms with van der Waals surface area (Å²) >= 11 is 5.96. The van der Waals surface area contributed by atoms with Gasteiger partial charge in [-0.3, -0.25) is 4.72 Å². The number of aromatic nitrogens is 1. The number of fused-ring (bicyclic) bond motifs is 1. The summed E-state index contributed by atoms with van der Waals surface area (Å²) in [4.78, 5) is 4.36. The van der Waals surface area contributed by atoms with Gasteiger partial charge in [0.2, 0.25) is 5.89 Å². The van der Waals surface area contributed by atoms with Crippen LogP contribution in [-0.2, 0) is 10.0 Å². The second kappa shape index (κ2) is 9.24. The van der Waals surface area contributed by atoms with Crippen molar-refractivity contribution in [2.24, 2.45) is 0 Å². The monoisotopic (exact) mass is 480 g/mol. The maximum Gasteiger partial charge on any atom is 0.261 e. The lowest BCUT2D eigenvalue weighted by Gasteiger charge is -2.09. The molecule has 10 heteroatoms. The number of nitrogens with one attached hydrogen (secondary N) is 2. The van der Waals surface area contributed by atoms with E-state index in [1.807, 2.05) is 6.07 Å². The van der Waals surface area contributed by atoms with E-state index >= 15 is 0 Å². The fraction of sp³-hybridized carbons (Fsp3) is 0.0435. The van der Waals surface area contributed by atoms with Crippen LogP contribution in [0.1, 0.15) is 5.89 Å². The Balaban J connectivity index is 1.48. The lowest BCUT2D eigenvalue weighted by molar-refractivity contribution is 0.415. The number of anilines is 2. The molecule has 0 aliphatic rings. The number of nitriles is 1. The Bertz CT molecular complexity index is 1470. The van der Waals surface area contributed by atoms with Gasteiger partial charge in [-0.05, 0) is 66.7 Å². The first-order valence-corrected chi connectivity index (χ1v) is 11.4. The number of hydrogen-bond donors (Lipinski definition) is 2. The van der Waals surface area contributed by atoms with Crippen molar-refractivity contribution >= 4 is 49.7 Å². The lowest BCUT2D eigenvalue weighted by Crippen LogP contribution is -2.12. The first-order valence-electron chi connectivity index (χ1n) is 9.58. The maximum atomic E-state index is 12.6. The van der Waals surface area contributed by atoms with Crippen molar-refractivity contribution in [2.45, 2.75) is 4.90 Å². The molecule has 4 rings (SSSR count). The highest BCUT2D eigenvalue weighted by Gasteiger charge is 2.15. The molecule has 1 heterocycles. The van der Waals surface area contributed by atoms with Gasteiger partial charge in [0.05, 0.1) is 12.0 Å². The van der Waals surface area contributed by atoms with Gasteiger partial charge in [0.25, 0.3) is 10.0 Å². The number of allylic oxidation sites excluding steroid dienone is 1. The Labute approximate surface area is 195 Å². The van der Waals surface area contributed by atoms with Crippen LogP contribution in [-0.4, -0.2) is 20.5 Å². The maximum absolute atomic E-state index is 12.6. The second-order valence-electron chi connectivity index (χ2n) is 6.80. The molecule has 2 N–H and O–H groups in total. The van der Waals surface area contributed by atoms with Crippen LogP contribution >= 0.6 is 11.6 Å². The number of oxazole rings is 1. The van der Waals surface area contributed by atoms with E-state index in [-0.39, 0.29) is 16.4 Å². The van der Waals surface area contributed by atoms with Crippen molar-refractivity contribution in [2.75, 3.05) is 17.1 Å². The molecule has 0 bridgehead atoms. The summed E-state index contributed by atoms with van der Waals surface area (Å²) in [6.45, 7) is 0. The molecule has 0 saturated heterocycles. The Morgan fingerprint density at radius 3 is 2.45 bits per heavy atom. The Kier molecular flexibility index (Phi) is 6.22. The minimum atomic E-state index is -3.77. The van der Waals surface area contributed by atoms with Gasteiger partial charge in [-0.25, -0.2) is 13.4 Å². The van der Waals surface area contributed by atoms with Gasteiger partial charge in [-0.15, -0.1) is 0 Å². The van der Waals surface area contributed by atoms with Crippen LogP contribution in [0.15, 0.2) is 82.2 Å². The van der Waals surface area contributed by atoms with E-state index < -0.39 is 10.0 Å². The van der Waals surface area contributed by atoms with Crippen LogP contribution in [0.25, 0.3) is 16.7 Å². The number of ether oxygens (including phenoxy) is 1. The molecule has 0 aliphatic carbocycles. The third kappa shape index (κ3) is 5.09. The van der Waals surface area contributed by atoms with E-state index in [9.17, 15) is 13.7 Å². The molecule has 0 saturated carbocycles.